The smallest absolute Gasteiger partial charge is 0.327 e. The Morgan fingerprint density at radius 2 is 1.18 bits per heavy atom. The second-order valence-corrected chi connectivity index (χ2v) is 10.7. The van der Waals surface area contributed by atoms with Crippen LogP contribution in [0, 0.1) is 0 Å². The van der Waals surface area contributed by atoms with Crippen molar-refractivity contribution in [2.75, 3.05) is 25.6 Å². The molecule has 0 aromatic carbocycles. The molecule has 3 saturated heterocycles. The van der Waals surface area contributed by atoms with E-state index in [1.807, 2.05) is 0 Å². The molecule has 3 aliphatic heterocycles. The summed E-state index contributed by atoms with van der Waals surface area (Å²) in [4.78, 5) is 20.5. The van der Waals surface area contributed by atoms with Crippen LogP contribution in [0.15, 0.2) is 0 Å². The van der Waals surface area contributed by atoms with Gasteiger partial charge in [0.05, 0.1) is 37.9 Å². The van der Waals surface area contributed by atoms with Gasteiger partial charge in [0.15, 0.2) is 18.9 Å². The Hall–Kier alpha value is -1.06. The first kappa shape index (κ1) is 42.0. The number of hydrogen-bond acceptors (Lipinski definition) is 19. The van der Waals surface area contributed by atoms with E-state index in [2.05, 4.69) is 17.9 Å². The number of ether oxygens (including phenoxy) is 5. The van der Waals surface area contributed by atoms with Crippen LogP contribution < -0.4 is 22.5 Å². The van der Waals surface area contributed by atoms with Crippen molar-refractivity contribution in [2.45, 2.75) is 105 Å². The highest BCUT2D eigenvalue weighted by Crippen LogP contribution is 2.31. The van der Waals surface area contributed by atoms with Crippen LogP contribution in [0.3, 0.4) is 0 Å². The molecule has 3 fully saturated rings. The predicted molar refractivity (Wildman–Crippen MR) is 154 cm³/mol. The maximum absolute atomic E-state index is 10.8. The Bertz CT molecular complexity index is 915. The molecule has 0 bridgehead atoms. The van der Waals surface area contributed by atoms with Crippen molar-refractivity contribution in [2.24, 2.45) is 17.2 Å². The zero-order chi connectivity index (χ0) is 33.5. The van der Waals surface area contributed by atoms with Gasteiger partial charge in [0.25, 0.3) is 0 Å². The van der Waals surface area contributed by atoms with Gasteiger partial charge in [0.2, 0.25) is 5.91 Å². The zero-order valence-electron chi connectivity index (χ0n) is 24.0. The van der Waals surface area contributed by atoms with E-state index in [9.17, 15) is 50.4 Å². The van der Waals surface area contributed by atoms with Gasteiger partial charge in [-0.1, -0.05) is 0 Å². The fourth-order valence-corrected chi connectivity index (χ4v) is 4.86. The predicted octanol–water partition coefficient (Wildman–Crippen LogP) is -7.75. The van der Waals surface area contributed by atoms with Crippen molar-refractivity contribution >= 4 is 36.9 Å². The Balaban J connectivity index is 0.000000794. The number of carboxylic acid groups (broad SMARTS) is 1. The van der Waals surface area contributed by atoms with E-state index in [-0.39, 0.29) is 24.1 Å². The molecule has 3 aliphatic rings. The van der Waals surface area contributed by atoms with Crippen molar-refractivity contribution in [1.29, 1.82) is 0 Å². The highest BCUT2D eigenvalue weighted by Gasteiger charge is 2.52. The van der Waals surface area contributed by atoms with Crippen LogP contribution in [-0.2, 0) is 33.3 Å². The standard InChI is InChI=1S/C18H35N3O13.C5H9NO3S.ClH/c19-7-12(27)14(5(2-23)30-16(7)29)33-18-9(21)13(28)15(6(3-24)32-18)34-17-8(20)11(26)10(25)4(1-22)31-17;1-3(7)6-4(2-10)5(8)9;/h4-18,22-29H,1-3,19-21H2;4,10H,2H2,1H3,(H,6,7)(H,8,9);1H/t4-,5-,6-,7-,8-,9-,10-,11-,12-,13-,14?,15?,16-,17+,18+;;/m1../s1. The van der Waals surface area contributed by atoms with E-state index < -0.39 is 124 Å². The summed E-state index contributed by atoms with van der Waals surface area (Å²) < 4.78 is 27.4. The van der Waals surface area contributed by atoms with E-state index in [1.54, 1.807) is 0 Å². The monoisotopic (exact) mass is 700 g/mol. The van der Waals surface area contributed by atoms with E-state index >= 15 is 0 Å². The quantitative estimate of drug-likeness (QED) is 0.0940. The minimum atomic E-state index is -1.56. The third-order valence-electron chi connectivity index (χ3n) is 7.19. The van der Waals surface area contributed by atoms with Gasteiger partial charge in [-0.25, -0.2) is 4.79 Å². The molecule has 0 saturated carbocycles. The molecule has 0 radical (unpaired) electrons. The number of nitrogens with two attached hydrogens (primary N) is 3. The minimum Gasteiger partial charge on any atom is -0.480 e. The van der Waals surface area contributed by atoms with Crippen molar-refractivity contribution in [1.82, 2.24) is 5.32 Å². The van der Waals surface area contributed by atoms with Crippen LogP contribution in [0.5, 0.6) is 0 Å². The van der Waals surface area contributed by atoms with Gasteiger partial charge in [-0.05, 0) is 0 Å². The Labute approximate surface area is 269 Å². The van der Waals surface area contributed by atoms with Crippen LogP contribution in [0.4, 0.5) is 0 Å². The van der Waals surface area contributed by atoms with Crippen molar-refractivity contribution in [3.63, 3.8) is 0 Å². The fraction of sp³-hybridized carbons (Fsp3) is 0.913. The number of carboxylic acids is 1. The summed E-state index contributed by atoms with van der Waals surface area (Å²) in [5, 5.41) is 90.2. The van der Waals surface area contributed by atoms with Gasteiger partial charge in [-0.3, -0.25) is 4.79 Å². The zero-order valence-corrected chi connectivity index (χ0v) is 25.7. The lowest BCUT2D eigenvalue weighted by atomic mass is 9.94. The minimum absolute atomic E-state index is 0. The summed E-state index contributed by atoms with van der Waals surface area (Å²) in [6, 6.07) is -4.75. The van der Waals surface area contributed by atoms with Crippen LogP contribution in [0.25, 0.3) is 0 Å². The molecule has 22 heteroatoms. The summed E-state index contributed by atoms with van der Waals surface area (Å²) in [5.41, 5.74) is 17.6. The lowest BCUT2D eigenvalue weighted by Crippen LogP contribution is -2.69. The summed E-state index contributed by atoms with van der Waals surface area (Å²) in [6.07, 6.45) is -16.8. The molecule has 45 heavy (non-hydrogen) atoms. The summed E-state index contributed by atoms with van der Waals surface area (Å²) in [5.74, 6) is -1.32. The summed E-state index contributed by atoms with van der Waals surface area (Å²) in [7, 11) is 0. The number of nitrogens with one attached hydrogen (secondary N) is 1. The largest absolute Gasteiger partial charge is 0.480 e. The van der Waals surface area contributed by atoms with Gasteiger partial charge in [-0.2, -0.15) is 12.6 Å². The van der Waals surface area contributed by atoms with Gasteiger partial charge in [-0.15, -0.1) is 12.4 Å². The van der Waals surface area contributed by atoms with Crippen LogP contribution in [0.1, 0.15) is 6.92 Å². The molecular weight excluding hydrogens is 656 g/mol. The molecule has 3 unspecified atom stereocenters. The third-order valence-corrected chi connectivity index (χ3v) is 7.56. The molecule has 0 spiro atoms. The summed E-state index contributed by atoms with van der Waals surface area (Å²) >= 11 is 3.73. The molecule has 0 aromatic rings. The number of amides is 1. The van der Waals surface area contributed by atoms with E-state index in [4.69, 9.17) is 46.0 Å². The Morgan fingerprint density at radius 1 is 0.756 bits per heavy atom. The number of aliphatic hydroxyl groups excluding tert-OH is 8. The number of hydrogen-bond donors (Lipinski definition) is 14. The second kappa shape index (κ2) is 19.1. The molecule has 266 valence electrons. The number of carbonyl (C=O) groups excluding carboxylic acids is 1. The SMILES string of the molecule is CC(=O)NC(CS)C(=O)O.Cl.N[C@H]1[C@H](OC2[C@@H](CO)O[C@@H](OC3[C@@H](CO)O[C@@H](O)[C@H](N)[C@H]3O)[C@H](N)[C@H]2O)O[C@H](CO)[C@@H](O)[C@@H]1O. The first-order chi connectivity index (χ1) is 20.6. The molecule has 3 heterocycles. The number of thiol groups is 1. The average molecular weight is 701 g/mol. The fourth-order valence-electron chi connectivity index (χ4n) is 4.61. The van der Waals surface area contributed by atoms with Gasteiger partial charge >= 0.3 is 5.97 Å². The van der Waals surface area contributed by atoms with Crippen LogP contribution in [0.2, 0.25) is 0 Å². The van der Waals surface area contributed by atoms with Crippen molar-refractivity contribution in [3.8, 4) is 0 Å². The summed E-state index contributed by atoms with van der Waals surface area (Å²) in [6.45, 7) is -0.736. The maximum atomic E-state index is 10.8. The first-order valence-corrected chi connectivity index (χ1v) is 14.1. The molecular formula is C23H45ClN4O16S. The van der Waals surface area contributed by atoms with Crippen molar-refractivity contribution < 1.29 is 79.2 Å². The van der Waals surface area contributed by atoms with Gasteiger partial charge < -0.3 is 92.2 Å². The molecule has 1 amide bonds. The Kier molecular flexibility index (Phi) is 17.8. The van der Waals surface area contributed by atoms with Crippen LogP contribution in [-0.4, -0.2) is 181 Å². The molecule has 16 atom stereocenters. The molecule has 20 nitrogen and oxygen atoms in total. The highest BCUT2D eigenvalue weighted by atomic mass is 35.5. The average Bonchev–Trinajstić information content (AvgIpc) is 2.99. The topological polar surface area (TPSA) is 352 Å². The second-order valence-electron chi connectivity index (χ2n) is 10.4. The number of carbonyl (C=O) groups is 2. The van der Waals surface area contributed by atoms with Crippen LogP contribution >= 0.6 is 25.0 Å². The Morgan fingerprint density at radius 3 is 1.58 bits per heavy atom. The maximum Gasteiger partial charge on any atom is 0.327 e. The lowest BCUT2D eigenvalue weighted by Gasteiger charge is -2.48. The lowest BCUT2D eigenvalue weighted by molar-refractivity contribution is -0.348. The number of aliphatic hydroxyl groups is 8. The number of halogens is 1. The van der Waals surface area contributed by atoms with E-state index in [1.165, 1.54) is 6.92 Å². The van der Waals surface area contributed by atoms with E-state index in [0.717, 1.165) is 0 Å². The molecule has 0 aromatic heterocycles. The van der Waals surface area contributed by atoms with Gasteiger partial charge in [0.1, 0.15) is 61.0 Å². The van der Waals surface area contributed by atoms with Gasteiger partial charge in [0, 0.05) is 12.7 Å². The first-order valence-electron chi connectivity index (χ1n) is 13.5. The molecule has 16 N–H and O–H groups in total. The number of aliphatic carboxylic acids is 1. The normalized spacial score (nSPS) is 42.4. The highest BCUT2D eigenvalue weighted by molar-refractivity contribution is 7.80. The van der Waals surface area contributed by atoms with E-state index in [0.29, 0.717) is 0 Å². The molecule has 0 aliphatic carbocycles. The number of rotatable bonds is 10. The third kappa shape index (κ3) is 10.5. The molecule has 3 rings (SSSR count). The van der Waals surface area contributed by atoms with Crippen molar-refractivity contribution in [3.05, 3.63) is 0 Å².